The van der Waals surface area contributed by atoms with Gasteiger partial charge in [-0.2, -0.15) is 0 Å². The predicted octanol–water partition coefficient (Wildman–Crippen LogP) is 6.64. The van der Waals surface area contributed by atoms with Gasteiger partial charge in [0.25, 0.3) is 0 Å². The normalized spacial score (nSPS) is 20.1. The number of aliphatic hydroxyl groups excluding tert-OH is 1. The molecule has 0 aliphatic carbocycles. The molecule has 9 heteroatoms. The van der Waals surface area contributed by atoms with Crippen LogP contribution in [0.1, 0.15) is 72.4 Å². The van der Waals surface area contributed by atoms with Crippen molar-refractivity contribution in [1.29, 1.82) is 0 Å². The number of carbonyl (C=O) groups is 2. The first-order valence-electron chi connectivity index (χ1n) is 15.9. The standard InChI is InChI=1S/C36H54O8Si/c1-34(2,3)45(8,9)42-24-31-30(43-36(6,7)44-31)21-28(37)20-29(38)32(41-23-27-18-14-11-15-19-27)33(39)35(4,5)25-40-22-26-16-12-10-13-17-26/h10-19,29-32,38H,20-25H2,1-9H3/t29-,30+,31+,32+/m0/s1. The lowest BCUT2D eigenvalue weighted by molar-refractivity contribution is -0.154. The van der Waals surface area contributed by atoms with Gasteiger partial charge >= 0.3 is 0 Å². The highest BCUT2D eigenvalue weighted by Gasteiger charge is 2.45. The molecule has 1 aliphatic rings. The minimum Gasteiger partial charge on any atom is -0.414 e. The molecule has 1 aliphatic heterocycles. The average molecular weight is 643 g/mol. The molecule has 3 rings (SSSR count). The summed E-state index contributed by atoms with van der Waals surface area (Å²) in [5, 5.41) is 11.4. The quantitative estimate of drug-likeness (QED) is 0.192. The van der Waals surface area contributed by atoms with Crippen LogP contribution in [0, 0.1) is 5.41 Å². The van der Waals surface area contributed by atoms with Crippen molar-refractivity contribution >= 4 is 19.9 Å². The summed E-state index contributed by atoms with van der Waals surface area (Å²) < 4.78 is 30.6. The molecule has 0 saturated carbocycles. The number of Topliss-reactive ketones (excluding diaryl/α,β-unsaturated/α-hetero) is 2. The summed E-state index contributed by atoms with van der Waals surface area (Å²) in [5.41, 5.74) is 0.881. The summed E-state index contributed by atoms with van der Waals surface area (Å²) in [5.74, 6) is -1.44. The summed E-state index contributed by atoms with van der Waals surface area (Å²) in [6.45, 7) is 19.0. The summed E-state index contributed by atoms with van der Waals surface area (Å²) >= 11 is 0. The molecule has 2 aromatic rings. The molecule has 8 nitrogen and oxygen atoms in total. The summed E-state index contributed by atoms with van der Waals surface area (Å²) in [7, 11) is -2.05. The van der Waals surface area contributed by atoms with Crippen molar-refractivity contribution in [3.63, 3.8) is 0 Å². The highest BCUT2D eigenvalue weighted by atomic mass is 28.4. The Morgan fingerprint density at radius 2 is 1.42 bits per heavy atom. The van der Waals surface area contributed by atoms with Gasteiger partial charge in [0, 0.05) is 18.3 Å². The van der Waals surface area contributed by atoms with Gasteiger partial charge in [-0.05, 0) is 43.1 Å². The largest absolute Gasteiger partial charge is 0.414 e. The Balaban J connectivity index is 1.68. The maximum absolute atomic E-state index is 13.9. The Hall–Kier alpha value is -2.24. The molecule has 0 bridgehead atoms. The zero-order valence-corrected chi connectivity index (χ0v) is 29.6. The molecule has 0 amide bonds. The number of carbonyl (C=O) groups excluding carboxylic acids is 2. The van der Waals surface area contributed by atoms with Gasteiger partial charge in [0.15, 0.2) is 19.9 Å². The van der Waals surface area contributed by atoms with Crippen molar-refractivity contribution in [2.75, 3.05) is 13.2 Å². The van der Waals surface area contributed by atoms with Crippen molar-refractivity contribution in [3.8, 4) is 0 Å². The molecular formula is C36H54O8Si. The first-order valence-corrected chi connectivity index (χ1v) is 18.8. The molecule has 4 atom stereocenters. The second-order valence-corrected chi connectivity index (χ2v) is 19.6. The number of benzene rings is 2. The zero-order valence-electron chi connectivity index (χ0n) is 28.6. The smallest absolute Gasteiger partial charge is 0.192 e. The van der Waals surface area contributed by atoms with Crippen molar-refractivity contribution in [1.82, 2.24) is 0 Å². The maximum Gasteiger partial charge on any atom is 0.192 e. The van der Waals surface area contributed by atoms with Crippen LogP contribution in [0.25, 0.3) is 0 Å². The van der Waals surface area contributed by atoms with E-state index >= 15 is 0 Å². The highest BCUT2D eigenvalue weighted by molar-refractivity contribution is 6.74. The van der Waals surface area contributed by atoms with E-state index in [0.717, 1.165) is 11.1 Å². The molecule has 2 aromatic carbocycles. The predicted molar refractivity (Wildman–Crippen MR) is 177 cm³/mol. The van der Waals surface area contributed by atoms with Crippen LogP contribution in [0.15, 0.2) is 60.7 Å². The first kappa shape index (κ1) is 37.2. The lowest BCUT2D eigenvalue weighted by Crippen LogP contribution is -2.46. The Labute approximate surface area is 270 Å². The number of rotatable bonds is 17. The molecule has 0 spiro atoms. The van der Waals surface area contributed by atoms with Crippen LogP contribution in [-0.4, -0.2) is 68.4 Å². The van der Waals surface area contributed by atoms with E-state index in [-0.39, 0.29) is 42.7 Å². The molecule has 0 radical (unpaired) electrons. The zero-order chi connectivity index (χ0) is 33.5. The van der Waals surface area contributed by atoms with Gasteiger partial charge in [-0.25, -0.2) is 0 Å². The van der Waals surface area contributed by atoms with E-state index in [9.17, 15) is 14.7 Å². The van der Waals surface area contributed by atoms with Gasteiger partial charge in [-0.1, -0.05) is 95.3 Å². The van der Waals surface area contributed by atoms with Gasteiger partial charge < -0.3 is 28.5 Å². The Kier molecular flexibility index (Phi) is 12.9. The van der Waals surface area contributed by atoms with Gasteiger partial charge in [0.1, 0.15) is 18.0 Å². The minimum absolute atomic E-state index is 0.0230. The molecular weight excluding hydrogens is 588 g/mol. The number of ether oxygens (including phenoxy) is 4. The SMILES string of the molecule is CC1(C)O[C@H](CO[Si](C)(C)C(C)(C)C)[C@@H](CC(=O)C[C@H](O)[C@@H](OCc2ccccc2)C(=O)C(C)(C)COCc2ccccc2)O1. The third kappa shape index (κ3) is 11.2. The highest BCUT2D eigenvalue weighted by Crippen LogP contribution is 2.38. The van der Waals surface area contributed by atoms with E-state index in [1.807, 2.05) is 74.5 Å². The van der Waals surface area contributed by atoms with Crippen LogP contribution in [0.4, 0.5) is 0 Å². The second kappa shape index (κ2) is 15.6. The number of hydrogen-bond donors (Lipinski definition) is 1. The van der Waals surface area contributed by atoms with Crippen molar-refractivity contribution in [2.24, 2.45) is 5.41 Å². The molecule has 0 unspecified atom stereocenters. The summed E-state index contributed by atoms with van der Waals surface area (Å²) in [6.07, 6.45) is -3.77. The lowest BCUT2D eigenvalue weighted by atomic mass is 9.83. The third-order valence-electron chi connectivity index (χ3n) is 8.69. The monoisotopic (exact) mass is 642 g/mol. The fourth-order valence-corrected chi connectivity index (χ4v) is 5.97. The lowest BCUT2D eigenvalue weighted by Gasteiger charge is -2.37. The molecule has 1 saturated heterocycles. The van der Waals surface area contributed by atoms with Crippen molar-refractivity contribution in [3.05, 3.63) is 71.8 Å². The summed E-state index contributed by atoms with van der Waals surface area (Å²) in [4.78, 5) is 27.2. The third-order valence-corrected chi connectivity index (χ3v) is 13.2. The first-order chi connectivity index (χ1) is 20.9. The molecule has 1 N–H and O–H groups in total. The van der Waals surface area contributed by atoms with Gasteiger partial charge in [-0.15, -0.1) is 0 Å². The van der Waals surface area contributed by atoms with E-state index in [1.54, 1.807) is 13.8 Å². The molecule has 45 heavy (non-hydrogen) atoms. The molecule has 1 fully saturated rings. The topological polar surface area (TPSA) is 101 Å². The van der Waals surface area contributed by atoms with Crippen LogP contribution < -0.4 is 0 Å². The molecule has 0 aromatic heterocycles. The summed E-state index contributed by atoms with van der Waals surface area (Å²) in [6, 6.07) is 19.2. The second-order valence-electron chi connectivity index (χ2n) is 14.7. The van der Waals surface area contributed by atoms with E-state index in [2.05, 4.69) is 33.9 Å². The maximum atomic E-state index is 13.9. The van der Waals surface area contributed by atoms with E-state index in [0.29, 0.717) is 13.2 Å². The Morgan fingerprint density at radius 1 is 0.889 bits per heavy atom. The van der Waals surface area contributed by atoms with Crippen molar-refractivity contribution < 1.29 is 38.1 Å². The van der Waals surface area contributed by atoms with Crippen LogP contribution in [0.5, 0.6) is 0 Å². The minimum atomic E-state index is -2.05. The van der Waals surface area contributed by atoms with E-state index in [4.69, 9.17) is 23.4 Å². The Morgan fingerprint density at radius 3 is 1.98 bits per heavy atom. The van der Waals surface area contributed by atoms with Crippen LogP contribution in [-0.2, 0) is 46.2 Å². The fraction of sp³-hybridized carbons (Fsp3) is 0.611. The van der Waals surface area contributed by atoms with Gasteiger partial charge in [0.2, 0.25) is 0 Å². The average Bonchev–Trinajstić information content (AvgIpc) is 3.24. The van der Waals surface area contributed by atoms with Gasteiger partial charge in [-0.3, -0.25) is 9.59 Å². The Bertz CT molecular complexity index is 1220. The van der Waals surface area contributed by atoms with Crippen molar-refractivity contribution in [2.45, 2.75) is 123 Å². The molecule has 1 heterocycles. The van der Waals surface area contributed by atoms with Crippen LogP contribution in [0.2, 0.25) is 18.1 Å². The number of hydrogen-bond acceptors (Lipinski definition) is 8. The van der Waals surface area contributed by atoms with E-state index < -0.39 is 43.9 Å². The van der Waals surface area contributed by atoms with Crippen LogP contribution >= 0.6 is 0 Å². The van der Waals surface area contributed by atoms with E-state index in [1.165, 1.54) is 0 Å². The van der Waals surface area contributed by atoms with Crippen LogP contribution in [0.3, 0.4) is 0 Å². The number of aliphatic hydroxyl groups is 1. The molecule has 250 valence electrons. The fourth-order valence-electron chi connectivity index (χ4n) is 4.95. The van der Waals surface area contributed by atoms with Gasteiger partial charge in [0.05, 0.1) is 38.6 Å². The number of ketones is 2.